The highest BCUT2D eigenvalue weighted by atomic mass is 19.4. The largest absolute Gasteiger partial charge is 0.470 e. The minimum atomic E-state index is -4.69. The summed E-state index contributed by atoms with van der Waals surface area (Å²) < 4.78 is 42.2. The summed E-state index contributed by atoms with van der Waals surface area (Å²) in [5.74, 6) is -1.17. The Bertz CT molecular complexity index is 1040. The average Bonchev–Trinajstić information content (AvgIpc) is 3.33. The van der Waals surface area contributed by atoms with Crippen molar-refractivity contribution in [2.24, 2.45) is 0 Å². The molecule has 0 saturated heterocycles. The lowest BCUT2D eigenvalue weighted by molar-refractivity contribution is -0.156. The summed E-state index contributed by atoms with van der Waals surface area (Å²) in [5.41, 5.74) is 1.70. The number of hydrogen-bond donors (Lipinski definition) is 0. The van der Waals surface area contributed by atoms with Crippen LogP contribution in [0.5, 0.6) is 0 Å². The Kier molecular flexibility index (Phi) is 4.11. The molecule has 1 aromatic carbocycles. The fourth-order valence-electron chi connectivity index (χ4n) is 2.26. The van der Waals surface area contributed by atoms with Crippen LogP contribution in [0.25, 0.3) is 22.8 Å². The second-order valence-corrected chi connectivity index (χ2v) is 5.46. The van der Waals surface area contributed by atoms with E-state index in [4.69, 9.17) is 0 Å². The molecular weight excluding hydrogens is 363 g/mol. The third-order valence-electron chi connectivity index (χ3n) is 3.53. The fraction of sp³-hybridized carbons (Fsp3) is 0.125. The lowest BCUT2D eigenvalue weighted by atomic mass is 10.2. The van der Waals surface area contributed by atoms with Crippen LogP contribution in [-0.4, -0.2) is 35.4 Å². The first-order chi connectivity index (χ1) is 13.0. The third-order valence-corrected chi connectivity index (χ3v) is 3.53. The zero-order chi connectivity index (χ0) is 18.9. The average molecular weight is 373 g/mol. The van der Waals surface area contributed by atoms with E-state index >= 15 is 0 Å². The van der Waals surface area contributed by atoms with Gasteiger partial charge in [-0.05, 0) is 17.3 Å². The van der Waals surface area contributed by atoms with Gasteiger partial charge in [-0.3, -0.25) is 4.98 Å². The number of rotatable bonds is 4. The van der Waals surface area contributed by atoms with Crippen LogP contribution in [0.15, 0.2) is 53.1 Å². The van der Waals surface area contributed by atoms with Crippen molar-refractivity contribution >= 4 is 0 Å². The number of pyridine rings is 1. The molecular formula is C16H10F3N7O. The summed E-state index contributed by atoms with van der Waals surface area (Å²) in [6, 6.07) is 12.5. The van der Waals surface area contributed by atoms with Crippen molar-refractivity contribution in [3.8, 4) is 22.8 Å². The molecule has 0 aliphatic heterocycles. The normalized spacial score (nSPS) is 11.7. The quantitative estimate of drug-likeness (QED) is 0.543. The molecule has 0 aliphatic rings. The van der Waals surface area contributed by atoms with Crippen LogP contribution in [-0.2, 0) is 12.7 Å². The summed E-state index contributed by atoms with van der Waals surface area (Å²) in [6.45, 7) is 0.248. The number of tetrazole rings is 1. The number of alkyl halides is 3. The Hall–Kier alpha value is -3.63. The number of hydrogen-bond acceptors (Lipinski definition) is 7. The van der Waals surface area contributed by atoms with E-state index < -0.39 is 12.1 Å². The fourth-order valence-corrected chi connectivity index (χ4v) is 2.26. The molecule has 136 valence electrons. The molecule has 0 atom stereocenters. The predicted octanol–water partition coefficient (Wildman–Crippen LogP) is 2.85. The number of benzene rings is 1. The zero-order valence-corrected chi connectivity index (χ0v) is 13.5. The summed E-state index contributed by atoms with van der Waals surface area (Å²) in [4.78, 5) is 5.54. The van der Waals surface area contributed by atoms with Gasteiger partial charge in [0, 0.05) is 11.8 Å². The molecule has 8 nitrogen and oxygen atoms in total. The maximum atomic E-state index is 12.5. The van der Waals surface area contributed by atoms with E-state index in [-0.39, 0.29) is 18.0 Å². The monoisotopic (exact) mass is 373 g/mol. The van der Waals surface area contributed by atoms with Crippen LogP contribution < -0.4 is 0 Å². The van der Waals surface area contributed by atoms with Gasteiger partial charge in [0.25, 0.3) is 0 Å². The molecule has 0 unspecified atom stereocenters. The molecule has 3 aromatic heterocycles. The molecule has 0 saturated carbocycles. The molecule has 4 rings (SSSR count). The van der Waals surface area contributed by atoms with Crippen LogP contribution in [0.1, 0.15) is 11.6 Å². The van der Waals surface area contributed by atoms with Gasteiger partial charge >= 0.3 is 12.1 Å². The van der Waals surface area contributed by atoms with Gasteiger partial charge in [-0.15, -0.1) is 20.4 Å². The summed E-state index contributed by atoms with van der Waals surface area (Å²) >= 11 is 0. The highest BCUT2D eigenvalue weighted by molar-refractivity contribution is 5.53. The smallest absolute Gasteiger partial charge is 0.413 e. The Balaban J connectivity index is 1.49. The van der Waals surface area contributed by atoms with Crippen molar-refractivity contribution in [3.63, 3.8) is 0 Å². The molecule has 0 radical (unpaired) electrons. The number of nitrogens with zero attached hydrogens (tertiary/aromatic N) is 7. The van der Waals surface area contributed by atoms with Gasteiger partial charge in [0.2, 0.25) is 11.7 Å². The minimum Gasteiger partial charge on any atom is -0.413 e. The van der Waals surface area contributed by atoms with E-state index in [9.17, 15) is 13.2 Å². The molecule has 0 fully saturated rings. The maximum absolute atomic E-state index is 12.5. The first-order valence-electron chi connectivity index (χ1n) is 7.68. The highest BCUT2D eigenvalue weighted by Gasteiger charge is 2.38. The van der Waals surface area contributed by atoms with Gasteiger partial charge in [0.1, 0.15) is 6.54 Å². The lowest BCUT2D eigenvalue weighted by Crippen LogP contribution is -2.05. The van der Waals surface area contributed by atoms with Gasteiger partial charge in [-0.2, -0.15) is 18.0 Å². The van der Waals surface area contributed by atoms with Crippen LogP contribution in [0.4, 0.5) is 13.2 Å². The molecule has 27 heavy (non-hydrogen) atoms. The van der Waals surface area contributed by atoms with E-state index in [0.29, 0.717) is 11.5 Å². The third kappa shape index (κ3) is 3.66. The maximum Gasteiger partial charge on any atom is 0.470 e. The standard InChI is InChI=1S/C16H10F3N7O/c17-16(18,19)15-23-22-14(27-15)11-6-7-12(20-8-11)9-26-24-13(21-25-26)10-4-2-1-3-5-10/h1-8H,9H2. The van der Waals surface area contributed by atoms with Crippen LogP contribution in [0.3, 0.4) is 0 Å². The summed E-state index contributed by atoms with van der Waals surface area (Å²) in [7, 11) is 0. The van der Waals surface area contributed by atoms with Crippen molar-refractivity contribution in [2.45, 2.75) is 12.7 Å². The Morgan fingerprint density at radius 1 is 0.926 bits per heavy atom. The topological polar surface area (TPSA) is 95.4 Å². The molecule has 4 aromatic rings. The SMILES string of the molecule is FC(F)(F)c1nnc(-c2ccc(Cn3nnc(-c4ccccc4)n3)nc2)o1. The van der Waals surface area contributed by atoms with Gasteiger partial charge in [-0.25, -0.2) is 0 Å². The molecule has 3 heterocycles. The van der Waals surface area contributed by atoms with Crippen molar-refractivity contribution in [1.82, 2.24) is 35.4 Å². The second-order valence-electron chi connectivity index (χ2n) is 5.46. The van der Waals surface area contributed by atoms with Crippen molar-refractivity contribution in [2.75, 3.05) is 0 Å². The summed E-state index contributed by atoms with van der Waals surface area (Å²) in [5, 5.41) is 18.6. The molecule has 11 heteroatoms. The van der Waals surface area contributed by atoms with Crippen molar-refractivity contribution in [1.29, 1.82) is 0 Å². The van der Waals surface area contributed by atoms with Gasteiger partial charge in [0.05, 0.1) is 11.3 Å². The van der Waals surface area contributed by atoms with E-state index in [1.165, 1.54) is 17.1 Å². The van der Waals surface area contributed by atoms with Gasteiger partial charge in [0.15, 0.2) is 0 Å². The Morgan fingerprint density at radius 2 is 1.74 bits per heavy atom. The van der Waals surface area contributed by atoms with E-state index in [0.717, 1.165) is 5.56 Å². The Morgan fingerprint density at radius 3 is 2.41 bits per heavy atom. The van der Waals surface area contributed by atoms with E-state index in [1.54, 1.807) is 6.07 Å². The predicted molar refractivity (Wildman–Crippen MR) is 84.9 cm³/mol. The molecule has 0 bridgehead atoms. The van der Waals surface area contributed by atoms with Crippen LogP contribution >= 0.6 is 0 Å². The molecule has 0 aliphatic carbocycles. The first-order valence-corrected chi connectivity index (χ1v) is 7.68. The van der Waals surface area contributed by atoms with E-state index in [1.807, 2.05) is 30.3 Å². The lowest BCUT2D eigenvalue weighted by Gasteiger charge is -2.00. The Labute approximate surface area is 149 Å². The van der Waals surface area contributed by atoms with Crippen molar-refractivity contribution in [3.05, 3.63) is 60.2 Å². The molecule has 0 N–H and O–H groups in total. The number of aromatic nitrogens is 7. The second kappa shape index (κ2) is 6.59. The minimum absolute atomic E-state index is 0.248. The summed E-state index contributed by atoms with van der Waals surface area (Å²) in [6.07, 6.45) is -3.34. The van der Waals surface area contributed by atoms with Gasteiger partial charge < -0.3 is 4.42 Å². The number of halogens is 3. The van der Waals surface area contributed by atoms with E-state index in [2.05, 4.69) is 35.0 Å². The highest BCUT2D eigenvalue weighted by Crippen LogP contribution is 2.30. The van der Waals surface area contributed by atoms with Crippen molar-refractivity contribution < 1.29 is 17.6 Å². The van der Waals surface area contributed by atoms with Crippen LogP contribution in [0, 0.1) is 0 Å². The van der Waals surface area contributed by atoms with Crippen LogP contribution in [0.2, 0.25) is 0 Å². The first kappa shape index (κ1) is 16.8. The molecule has 0 amide bonds. The molecule has 0 spiro atoms. The van der Waals surface area contributed by atoms with Gasteiger partial charge in [-0.1, -0.05) is 30.3 Å². The zero-order valence-electron chi connectivity index (χ0n) is 13.5.